The van der Waals surface area contributed by atoms with E-state index in [0.29, 0.717) is 34.8 Å². The Morgan fingerprint density at radius 3 is 2.07 bits per heavy atom. The lowest BCUT2D eigenvalue weighted by Crippen LogP contribution is -2.37. The SMILES string of the molecule is C[C@H](N)CC1(c2nn[nH]n2)c2cc(C(N)=O)sc2CCc2sc(C(N)=O)cc21. The molecule has 146 valence electrons. The van der Waals surface area contributed by atoms with Crippen molar-refractivity contribution < 1.29 is 9.59 Å². The number of nitrogens with one attached hydrogen (secondary N) is 1. The summed E-state index contributed by atoms with van der Waals surface area (Å²) in [6, 6.07) is 3.39. The van der Waals surface area contributed by atoms with Crippen LogP contribution in [0.2, 0.25) is 0 Å². The Hall–Kier alpha value is -2.63. The second kappa shape index (κ2) is 6.76. The van der Waals surface area contributed by atoms with Crippen LogP contribution in [-0.2, 0) is 18.3 Å². The quantitative estimate of drug-likeness (QED) is 0.476. The van der Waals surface area contributed by atoms with Crippen molar-refractivity contribution in [2.24, 2.45) is 17.2 Å². The second-order valence-corrected chi connectivity index (χ2v) is 9.22. The normalized spacial score (nSPS) is 16.1. The van der Waals surface area contributed by atoms with E-state index in [1.54, 1.807) is 12.1 Å². The molecule has 0 radical (unpaired) electrons. The maximum atomic E-state index is 11.9. The standard InChI is InChI=1S/C17H19N7O2S2/c1-7(18)6-17(16-21-23-24-22-16)8-4-12(14(19)25)27-10(8)2-3-11-9(17)5-13(28-11)15(20)26/h4-5,7H,2-3,6,18H2,1H3,(H2,19,25)(H2,20,26)(H,21,22,23,24)/t7-/m0/s1. The summed E-state index contributed by atoms with van der Waals surface area (Å²) in [5.74, 6) is -0.523. The van der Waals surface area contributed by atoms with Gasteiger partial charge in [-0.3, -0.25) is 9.59 Å². The fraction of sp³-hybridized carbons (Fsp3) is 0.353. The predicted octanol–water partition coefficient (Wildman–Crippen LogP) is 0.691. The van der Waals surface area contributed by atoms with Gasteiger partial charge in [-0.25, -0.2) is 0 Å². The molecule has 0 aliphatic heterocycles. The number of fused-ring (bicyclic) bond motifs is 2. The molecule has 1 atom stereocenters. The highest BCUT2D eigenvalue weighted by atomic mass is 32.1. The molecule has 3 heterocycles. The number of nitrogens with two attached hydrogens (primary N) is 3. The molecule has 1 aliphatic carbocycles. The first-order valence-corrected chi connectivity index (χ1v) is 10.3. The largest absolute Gasteiger partial charge is 0.365 e. The molecule has 3 aromatic heterocycles. The van der Waals surface area contributed by atoms with Crippen LogP contribution in [0.15, 0.2) is 12.1 Å². The Kier molecular flexibility index (Phi) is 4.52. The van der Waals surface area contributed by atoms with Gasteiger partial charge in [-0.15, -0.1) is 32.9 Å². The van der Waals surface area contributed by atoms with Crippen molar-refractivity contribution in [3.63, 3.8) is 0 Å². The molecule has 0 bridgehead atoms. The number of hydrogen-bond acceptors (Lipinski definition) is 8. The van der Waals surface area contributed by atoms with E-state index in [9.17, 15) is 9.59 Å². The number of nitrogens with zero attached hydrogens (tertiary/aromatic N) is 3. The summed E-state index contributed by atoms with van der Waals surface area (Å²) < 4.78 is 0. The zero-order chi connectivity index (χ0) is 20.1. The second-order valence-electron chi connectivity index (χ2n) is 6.95. The molecule has 0 aromatic carbocycles. The van der Waals surface area contributed by atoms with Gasteiger partial charge in [0, 0.05) is 15.8 Å². The number of H-pyrrole nitrogens is 1. The minimum absolute atomic E-state index is 0.217. The van der Waals surface area contributed by atoms with Crippen molar-refractivity contribution in [3.8, 4) is 0 Å². The third-order valence-electron chi connectivity index (χ3n) is 4.96. The first-order valence-electron chi connectivity index (χ1n) is 8.68. The lowest BCUT2D eigenvalue weighted by molar-refractivity contribution is 0.0995. The van der Waals surface area contributed by atoms with E-state index in [1.165, 1.54) is 22.7 Å². The van der Waals surface area contributed by atoms with E-state index in [0.717, 1.165) is 20.9 Å². The number of primary amides is 2. The van der Waals surface area contributed by atoms with Crippen LogP contribution in [-0.4, -0.2) is 38.5 Å². The zero-order valence-corrected chi connectivity index (χ0v) is 16.7. The lowest BCUT2D eigenvalue weighted by atomic mass is 9.70. The predicted molar refractivity (Wildman–Crippen MR) is 105 cm³/mol. The molecular weight excluding hydrogens is 398 g/mol. The van der Waals surface area contributed by atoms with Gasteiger partial charge < -0.3 is 17.2 Å². The molecule has 2 amide bonds. The van der Waals surface area contributed by atoms with Gasteiger partial charge in [-0.1, -0.05) is 5.21 Å². The van der Waals surface area contributed by atoms with Crippen LogP contribution >= 0.6 is 22.7 Å². The lowest BCUT2D eigenvalue weighted by Gasteiger charge is -2.32. The number of aryl methyl sites for hydroxylation is 2. The van der Waals surface area contributed by atoms with E-state index in [4.69, 9.17) is 17.2 Å². The molecule has 9 nitrogen and oxygen atoms in total. The molecule has 11 heteroatoms. The summed E-state index contributed by atoms with van der Waals surface area (Å²) in [6.07, 6.45) is 1.88. The highest BCUT2D eigenvalue weighted by Gasteiger charge is 2.47. The van der Waals surface area contributed by atoms with Gasteiger partial charge in [0.1, 0.15) is 0 Å². The Labute approximate surface area is 168 Å². The van der Waals surface area contributed by atoms with E-state index < -0.39 is 17.2 Å². The number of carbonyl (C=O) groups excluding carboxylic acids is 2. The van der Waals surface area contributed by atoms with E-state index in [-0.39, 0.29) is 6.04 Å². The first-order chi connectivity index (χ1) is 13.3. The molecule has 0 saturated heterocycles. The molecule has 3 aromatic rings. The van der Waals surface area contributed by atoms with Crippen molar-refractivity contribution in [2.45, 2.75) is 37.6 Å². The van der Waals surface area contributed by atoms with Gasteiger partial charge >= 0.3 is 0 Å². The molecular formula is C17H19N7O2S2. The van der Waals surface area contributed by atoms with Crippen LogP contribution < -0.4 is 17.2 Å². The minimum Gasteiger partial charge on any atom is -0.365 e. The third-order valence-corrected chi connectivity index (χ3v) is 7.38. The number of carbonyl (C=O) groups is 2. The summed E-state index contributed by atoms with van der Waals surface area (Å²) >= 11 is 2.76. The summed E-state index contributed by atoms with van der Waals surface area (Å²) in [5, 5.41) is 14.8. The van der Waals surface area contributed by atoms with E-state index in [2.05, 4.69) is 20.6 Å². The smallest absolute Gasteiger partial charge is 0.258 e. The molecule has 0 unspecified atom stereocenters. The zero-order valence-electron chi connectivity index (χ0n) is 15.1. The summed E-state index contributed by atoms with van der Waals surface area (Å²) in [4.78, 5) is 26.7. The van der Waals surface area contributed by atoms with Crippen LogP contribution in [0.5, 0.6) is 0 Å². The first kappa shape index (κ1) is 18.7. The Balaban J connectivity index is 2.08. The van der Waals surface area contributed by atoms with E-state index in [1.807, 2.05) is 6.92 Å². The number of amides is 2. The van der Waals surface area contributed by atoms with Crippen LogP contribution in [0.1, 0.15) is 59.4 Å². The van der Waals surface area contributed by atoms with Crippen molar-refractivity contribution >= 4 is 34.5 Å². The Morgan fingerprint density at radius 2 is 1.68 bits per heavy atom. The molecule has 0 spiro atoms. The van der Waals surface area contributed by atoms with Crippen LogP contribution in [0.4, 0.5) is 0 Å². The number of thiophene rings is 2. The monoisotopic (exact) mass is 417 g/mol. The van der Waals surface area contributed by atoms with Crippen LogP contribution in [0.25, 0.3) is 0 Å². The average Bonchev–Trinajstić information content (AvgIpc) is 3.35. The number of tetrazole rings is 1. The number of hydrogen-bond donors (Lipinski definition) is 4. The van der Waals surface area contributed by atoms with Crippen molar-refractivity contribution in [2.75, 3.05) is 0 Å². The molecule has 1 aliphatic rings. The Morgan fingerprint density at radius 1 is 1.14 bits per heavy atom. The van der Waals surface area contributed by atoms with Crippen LogP contribution in [0.3, 0.4) is 0 Å². The molecule has 7 N–H and O–H groups in total. The molecule has 0 fully saturated rings. The highest BCUT2D eigenvalue weighted by Crippen LogP contribution is 2.50. The van der Waals surface area contributed by atoms with Crippen molar-refractivity contribution in [1.82, 2.24) is 20.6 Å². The van der Waals surface area contributed by atoms with Gasteiger partial charge in [0.15, 0.2) is 5.82 Å². The third kappa shape index (κ3) is 2.82. The van der Waals surface area contributed by atoms with E-state index >= 15 is 0 Å². The van der Waals surface area contributed by atoms with Crippen LogP contribution in [0, 0.1) is 0 Å². The summed E-state index contributed by atoms with van der Waals surface area (Å²) in [7, 11) is 0. The van der Waals surface area contributed by atoms with Gasteiger partial charge in [0.25, 0.3) is 11.8 Å². The summed E-state index contributed by atoms with van der Waals surface area (Å²) in [6.45, 7) is 1.90. The van der Waals surface area contributed by atoms with Gasteiger partial charge in [0.2, 0.25) is 0 Å². The number of aromatic nitrogens is 4. The minimum atomic E-state index is -0.850. The summed E-state index contributed by atoms with van der Waals surface area (Å²) in [5.41, 5.74) is 18.3. The highest BCUT2D eigenvalue weighted by molar-refractivity contribution is 7.15. The maximum absolute atomic E-state index is 11.9. The molecule has 28 heavy (non-hydrogen) atoms. The average molecular weight is 418 g/mol. The van der Waals surface area contributed by atoms with Gasteiger partial charge in [0.05, 0.1) is 15.2 Å². The van der Waals surface area contributed by atoms with Crippen molar-refractivity contribution in [1.29, 1.82) is 0 Å². The molecule has 4 rings (SSSR count). The van der Waals surface area contributed by atoms with Gasteiger partial charge in [-0.2, -0.15) is 5.21 Å². The number of rotatable bonds is 5. The fourth-order valence-electron chi connectivity index (χ4n) is 3.94. The molecule has 0 saturated carbocycles. The van der Waals surface area contributed by atoms with Gasteiger partial charge in [-0.05, 0) is 49.4 Å². The van der Waals surface area contributed by atoms with Crippen molar-refractivity contribution in [3.05, 3.63) is 48.6 Å². The topological polar surface area (TPSA) is 167 Å². The number of aromatic amines is 1. The Bertz CT molecular complexity index is 992. The maximum Gasteiger partial charge on any atom is 0.258 e. The fourth-order valence-corrected chi connectivity index (χ4v) is 6.12.